The molecule has 8 nitrogen and oxygen atoms in total. The second-order valence-electron chi connectivity index (χ2n) is 6.43. The lowest BCUT2D eigenvalue weighted by Crippen LogP contribution is -2.13. The molecule has 3 aromatic rings. The third kappa shape index (κ3) is 3.47. The van der Waals surface area contributed by atoms with E-state index in [1.165, 1.54) is 22.9 Å². The first-order valence-corrected chi connectivity index (χ1v) is 10.1. The number of unbranched alkanes of at least 4 members (excludes halogenated alkanes) is 2. The van der Waals surface area contributed by atoms with Crippen molar-refractivity contribution in [3.05, 3.63) is 46.4 Å². The molecule has 0 amide bonds. The van der Waals surface area contributed by atoms with Gasteiger partial charge in [0.1, 0.15) is 16.2 Å². The number of aryl methyl sites for hydroxylation is 2. The number of fused-ring (bicyclic) bond motifs is 1. The predicted molar refractivity (Wildman–Crippen MR) is 102 cm³/mol. The van der Waals surface area contributed by atoms with E-state index in [0.717, 1.165) is 12.0 Å². The molecule has 2 aromatic heterocycles. The van der Waals surface area contributed by atoms with Crippen molar-refractivity contribution < 1.29 is 13.5 Å². The third-order valence-electron chi connectivity index (χ3n) is 4.51. The number of hydrogen-bond acceptors (Lipinski definition) is 6. The summed E-state index contributed by atoms with van der Waals surface area (Å²) in [5.41, 5.74) is 6.84. The van der Waals surface area contributed by atoms with Gasteiger partial charge in [-0.25, -0.2) is 13.5 Å². The molecular weight excluding hydrogens is 368 g/mol. The second kappa shape index (κ2) is 7.53. The van der Waals surface area contributed by atoms with Gasteiger partial charge in [-0.3, -0.25) is 4.79 Å². The number of benzene rings is 1. The fraction of sp³-hybridized carbons (Fsp3) is 0.333. The van der Waals surface area contributed by atoms with Gasteiger partial charge in [0.15, 0.2) is 0 Å². The number of nitrogen functional groups attached to an aromatic ring is 1. The Kier molecular flexibility index (Phi) is 5.33. The Balaban J connectivity index is 2.18. The molecule has 27 heavy (non-hydrogen) atoms. The number of nitrogens with two attached hydrogens (primary N) is 1. The third-order valence-corrected chi connectivity index (χ3v) is 6.37. The molecule has 1 aromatic carbocycles. The minimum absolute atomic E-state index is 0.0214. The van der Waals surface area contributed by atoms with E-state index < -0.39 is 15.4 Å². The van der Waals surface area contributed by atoms with Gasteiger partial charge in [0.2, 0.25) is 9.84 Å². The van der Waals surface area contributed by atoms with E-state index >= 15 is 0 Å². The minimum atomic E-state index is -3.92. The normalized spacial score (nSPS) is 11.9. The highest BCUT2D eigenvalue weighted by atomic mass is 32.2. The molecule has 9 heteroatoms. The van der Waals surface area contributed by atoms with Crippen molar-refractivity contribution in [2.75, 3.05) is 12.3 Å². The number of aromatic nitrogens is 3. The SMILES string of the molecule is Cc1ccc(S(=O)(=O)c2c(N)n(CCCCCO)c3c(=O)[nH]ncc23)cc1. The zero-order chi connectivity index (χ0) is 19.6. The predicted octanol–water partition coefficient (Wildman–Crippen LogP) is 1.61. The van der Waals surface area contributed by atoms with E-state index in [2.05, 4.69) is 10.2 Å². The lowest BCUT2D eigenvalue weighted by Gasteiger charge is -2.08. The molecule has 0 aliphatic rings. The number of rotatable bonds is 7. The van der Waals surface area contributed by atoms with Crippen LogP contribution in [0.25, 0.3) is 10.9 Å². The number of aliphatic hydroxyl groups is 1. The summed E-state index contributed by atoms with van der Waals surface area (Å²) in [6, 6.07) is 6.47. The first-order chi connectivity index (χ1) is 12.9. The monoisotopic (exact) mass is 390 g/mol. The van der Waals surface area contributed by atoms with Crippen molar-refractivity contribution in [1.82, 2.24) is 14.8 Å². The van der Waals surface area contributed by atoms with Crippen molar-refractivity contribution in [2.45, 2.75) is 42.5 Å². The lowest BCUT2D eigenvalue weighted by atomic mass is 10.2. The van der Waals surface area contributed by atoms with Gasteiger partial charge in [-0.2, -0.15) is 5.10 Å². The molecule has 0 atom stereocenters. The molecular formula is C18H22N4O4S. The van der Waals surface area contributed by atoms with E-state index in [-0.39, 0.29) is 33.1 Å². The minimum Gasteiger partial charge on any atom is -0.396 e. The average Bonchev–Trinajstić information content (AvgIpc) is 2.92. The number of aliphatic hydroxyl groups excluding tert-OH is 1. The Morgan fingerprint density at radius 3 is 2.56 bits per heavy atom. The average molecular weight is 390 g/mol. The maximum atomic E-state index is 13.2. The van der Waals surface area contributed by atoms with Crippen molar-refractivity contribution in [1.29, 1.82) is 0 Å². The van der Waals surface area contributed by atoms with Crippen LogP contribution in [0.5, 0.6) is 0 Å². The van der Waals surface area contributed by atoms with Gasteiger partial charge >= 0.3 is 0 Å². The van der Waals surface area contributed by atoms with E-state index in [1.54, 1.807) is 12.1 Å². The number of nitrogens with zero attached hydrogens (tertiary/aromatic N) is 2. The first kappa shape index (κ1) is 19.1. The van der Waals surface area contributed by atoms with Gasteiger partial charge < -0.3 is 15.4 Å². The Labute approximate surface area is 156 Å². The van der Waals surface area contributed by atoms with E-state index in [4.69, 9.17) is 10.8 Å². The number of sulfone groups is 1. The molecule has 4 N–H and O–H groups in total. The highest BCUT2D eigenvalue weighted by molar-refractivity contribution is 7.92. The summed E-state index contributed by atoms with van der Waals surface area (Å²) in [5, 5.41) is 15.2. The van der Waals surface area contributed by atoms with Gasteiger partial charge in [-0.1, -0.05) is 17.7 Å². The van der Waals surface area contributed by atoms with Crippen LogP contribution in [0.1, 0.15) is 24.8 Å². The van der Waals surface area contributed by atoms with Crippen molar-refractivity contribution in [3.63, 3.8) is 0 Å². The molecule has 0 spiro atoms. The second-order valence-corrected chi connectivity index (χ2v) is 8.31. The highest BCUT2D eigenvalue weighted by Crippen LogP contribution is 2.34. The van der Waals surface area contributed by atoms with E-state index in [9.17, 15) is 13.2 Å². The molecule has 0 saturated carbocycles. The molecule has 0 saturated heterocycles. The summed E-state index contributed by atoms with van der Waals surface area (Å²) < 4.78 is 28.0. The molecule has 2 heterocycles. The number of aromatic amines is 1. The zero-order valence-electron chi connectivity index (χ0n) is 15.0. The van der Waals surface area contributed by atoms with Crippen molar-refractivity contribution in [3.8, 4) is 0 Å². The summed E-state index contributed by atoms with van der Waals surface area (Å²) in [4.78, 5) is 12.3. The van der Waals surface area contributed by atoms with Crippen LogP contribution in [0, 0.1) is 6.92 Å². The molecule has 0 unspecified atom stereocenters. The maximum absolute atomic E-state index is 13.2. The first-order valence-electron chi connectivity index (χ1n) is 8.66. The summed E-state index contributed by atoms with van der Waals surface area (Å²) in [7, 11) is -3.92. The van der Waals surface area contributed by atoms with E-state index in [1.807, 2.05) is 6.92 Å². The molecule has 3 rings (SSSR count). The standard InChI is InChI=1S/C18H22N4O4S/c1-12-5-7-13(8-6-12)27(25,26)16-14-11-20-21-18(24)15(14)22(17(16)19)9-3-2-4-10-23/h5-8,11,23H,2-4,9-10,19H2,1H3,(H,21,24). The molecule has 0 aliphatic heterocycles. The number of H-pyrrole nitrogens is 1. The highest BCUT2D eigenvalue weighted by Gasteiger charge is 2.29. The number of hydrogen-bond donors (Lipinski definition) is 3. The van der Waals surface area contributed by atoms with Crippen LogP contribution in [-0.2, 0) is 16.4 Å². The van der Waals surface area contributed by atoms with Crippen LogP contribution in [0.15, 0.2) is 45.0 Å². The Morgan fingerprint density at radius 1 is 1.19 bits per heavy atom. The quantitative estimate of drug-likeness (QED) is 0.525. The number of nitrogens with one attached hydrogen (secondary N) is 1. The summed E-state index contributed by atoms with van der Waals surface area (Å²) in [6.45, 7) is 2.32. The van der Waals surface area contributed by atoms with Gasteiger partial charge in [-0.05, 0) is 38.3 Å². The fourth-order valence-corrected chi connectivity index (χ4v) is 4.67. The Hall–Kier alpha value is -2.65. The van der Waals surface area contributed by atoms with Gasteiger partial charge in [-0.15, -0.1) is 0 Å². The van der Waals surface area contributed by atoms with Crippen molar-refractivity contribution >= 4 is 26.6 Å². The van der Waals surface area contributed by atoms with Crippen molar-refractivity contribution in [2.24, 2.45) is 0 Å². The van der Waals surface area contributed by atoms with Gasteiger partial charge in [0.05, 0.1) is 11.1 Å². The fourth-order valence-electron chi connectivity index (χ4n) is 3.12. The van der Waals surface area contributed by atoms with Crippen LogP contribution in [-0.4, -0.2) is 34.9 Å². The van der Waals surface area contributed by atoms with Crippen LogP contribution in [0.2, 0.25) is 0 Å². The summed E-state index contributed by atoms with van der Waals surface area (Å²) >= 11 is 0. The smallest absolute Gasteiger partial charge is 0.288 e. The molecule has 0 bridgehead atoms. The topological polar surface area (TPSA) is 131 Å². The molecule has 0 radical (unpaired) electrons. The Bertz CT molecular complexity index is 1110. The van der Waals surface area contributed by atoms with E-state index in [0.29, 0.717) is 19.4 Å². The zero-order valence-corrected chi connectivity index (χ0v) is 15.8. The number of anilines is 1. The van der Waals surface area contributed by atoms with Crippen LogP contribution < -0.4 is 11.3 Å². The lowest BCUT2D eigenvalue weighted by molar-refractivity contribution is 0.282. The van der Waals surface area contributed by atoms with Gasteiger partial charge in [0, 0.05) is 18.5 Å². The summed E-state index contributed by atoms with van der Waals surface area (Å²) in [6.07, 6.45) is 3.34. The Morgan fingerprint density at radius 2 is 1.89 bits per heavy atom. The maximum Gasteiger partial charge on any atom is 0.288 e. The summed E-state index contributed by atoms with van der Waals surface area (Å²) in [5.74, 6) is 0.0214. The van der Waals surface area contributed by atoms with Crippen LogP contribution >= 0.6 is 0 Å². The molecule has 0 aliphatic carbocycles. The van der Waals surface area contributed by atoms with Crippen LogP contribution in [0.3, 0.4) is 0 Å². The largest absolute Gasteiger partial charge is 0.396 e. The van der Waals surface area contributed by atoms with Crippen LogP contribution in [0.4, 0.5) is 5.82 Å². The van der Waals surface area contributed by atoms with Gasteiger partial charge in [0.25, 0.3) is 5.56 Å². The molecule has 0 fully saturated rings. The molecule has 144 valence electrons.